The third-order valence-corrected chi connectivity index (χ3v) is 6.98. The molecule has 0 saturated carbocycles. The third-order valence-electron chi connectivity index (χ3n) is 4.87. The number of hydrogen-bond acceptors (Lipinski definition) is 6. The summed E-state index contributed by atoms with van der Waals surface area (Å²) < 4.78 is 1.37. The molecule has 27 heavy (non-hydrogen) atoms. The molecule has 0 aliphatic heterocycles. The predicted octanol–water partition coefficient (Wildman–Crippen LogP) is 3.10. The van der Waals surface area contributed by atoms with Crippen LogP contribution in [0.25, 0.3) is 10.2 Å². The fourth-order valence-corrected chi connectivity index (χ4v) is 5.48. The summed E-state index contributed by atoms with van der Waals surface area (Å²) in [7, 11) is 0. The Morgan fingerprint density at radius 2 is 2.37 bits per heavy atom. The number of hydrazone groups is 1. The molecule has 3 aromatic rings. The van der Waals surface area contributed by atoms with Crippen LogP contribution in [0.5, 0.6) is 0 Å². The summed E-state index contributed by atoms with van der Waals surface area (Å²) in [4.78, 5) is 32.5. The van der Waals surface area contributed by atoms with Crippen LogP contribution in [0.3, 0.4) is 0 Å². The Labute approximate surface area is 164 Å². The van der Waals surface area contributed by atoms with Gasteiger partial charge in [0.05, 0.1) is 17.9 Å². The SMILES string of the molecule is Cc1ccsc1/C=N\NC(=O)Cn1cnc2sc3c(c2c1=O)CC[C@@H](C)C3. The molecular weight excluding hydrogens is 380 g/mol. The van der Waals surface area contributed by atoms with Crippen LogP contribution < -0.4 is 11.0 Å². The number of hydrogen-bond donors (Lipinski definition) is 1. The summed E-state index contributed by atoms with van der Waals surface area (Å²) in [6, 6.07) is 2.00. The van der Waals surface area contributed by atoms with Crippen molar-refractivity contribution in [1.29, 1.82) is 0 Å². The molecule has 0 fully saturated rings. The van der Waals surface area contributed by atoms with Crippen molar-refractivity contribution in [3.8, 4) is 0 Å². The normalized spacial score (nSPS) is 16.7. The molecule has 0 spiro atoms. The second-order valence-electron chi connectivity index (χ2n) is 6.97. The highest BCUT2D eigenvalue weighted by atomic mass is 32.1. The van der Waals surface area contributed by atoms with Gasteiger partial charge in [0.1, 0.15) is 11.4 Å². The lowest BCUT2D eigenvalue weighted by molar-refractivity contribution is -0.121. The van der Waals surface area contributed by atoms with Crippen molar-refractivity contribution in [3.63, 3.8) is 0 Å². The highest BCUT2D eigenvalue weighted by molar-refractivity contribution is 7.18. The molecule has 0 radical (unpaired) electrons. The number of carbonyl (C=O) groups is 1. The number of nitrogens with one attached hydrogen (secondary N) is 1. The molecule has 0 bridgehead atoms. The van der Waals surface area contributed by atoms with E-state index in [0.29, 0.717) is 11.3 Å². The van der Waals surface area contributed by atoms with Gasteiger partial charge in [0.25, 0.3) is 11.5 Å². The van der Waals surface area contributed by atoms with E-state index in [1.165, 1.54) is 15.8 Å². The minimum atomic E-state index is -0.346. The Morgan fingerprint density at radius 3 is 3.15 bits per heavy atom. The summed E-state index contributed by atoms with van der Waals surface area (Å²) in [6.45, 7) is 4.13. The van der Waals surface area contributed by atoms with Gasteiger partial charge in [0, 0.05) is 9.75 Å². The minimum absolute atomic E-state index is 0.0937. The van der Waals surface area contributed by atoms with Crippen LogP contribution in [-0.2, 0) is 24.2 Å². The molecule has 0 saturated heterocycles. The summed E-state index contributed by atoms with van der Waals surface area (Å²) in [5, 5.41) is 6.65. The van der Waals surface area contributed by atoms with E-state index < -0.39 is 0 Å². The second kappa shape index (κ2) is 7.36. The number of rotatable bonds is 4. The van der Waals surface area contributed by atoms with E-state index in [0.717, 1.165) is 40.1 Å². The van der Waals surface area contributed by atoms with Gasteiger partial charge < -0.3 is 0 Å². The molecule has 1 aliphatic rings. The van der Waals surface area contributed by atoms with Crippen molar-refractivity contribution >= 4 is 45.0 Å². The van der Waals surface area contributed by atoms with Crippen LogP contribution in [0.4, 0.5) is 0 Å². The van der Waals surface area contributed by atoms with Crippen LogP contribution in [0.1, 0.15) is 34.2 Å². The number of aromatic nitrogens is 2. The summed E-state index contributed by atoms with van der Waals surface area (Å²) >= 11 is 3.17. The van der Waals surface area contributed by atoms with Gasteiger partial charge in [-0.25, -0.2) is 10.4 Å². The van der Waals surface area contributed by atoms with E-state index in [-0.39, 0.29) is 18.0 Å². The molecule has 3 aromatic heterocycles. The number of fused-ring (bicyclic) bond motifs is 3. The van der Waals surface area contributed by atoms with Gasteiger partial charge in [-0.05, 0) is 54.7 Å². The first-order valence-corrected chi connectivity index (χ1v) is 10.6. The van der Waals surface area contributed by atoms with Crippen molar-refractivity contribution < 1.29 is 4.79 Å². The highest BCUT2D eigenvalue weighted by Crippen LogP contribution is 2.35. The van der Waals surface area contributed by atoms with Crippen molar-refractivity contribution in [2.24, 2.45) is 11.0 Å². The zero-order valence-electron chi connectivity index (χ0n) is 15.2. The maximum Gasteiger partial charge on any atom is 0.262 e. The number of thiophene rings is 2. The lowest BCUT2D eigenvalue weighted by atomic mass is 9.89. The zero-order valence-corrected chi connectivity index (χ0v) is 16.8. The first-order valence-electron chi connectivity index (χ1n) is 8.88. The lowest BCUT2D eigenvalue weighted by Gasteiger charge is -2.17. The van der Waals surface area contributed by atoms with Gasteiger partial charge in [-0.1, -0.05) is 6.92 Å². The van der Waals surface area contributed by atoms with E-state index in [4.69, 9.17) is 0 Å². The molecule has 3 heterocycles. The van der Waals surface area contributed by atoms with Crippen molar-refractivity contribution in [1.82, 2.24) is 15.0 Å². The van der Waals surface area contributed by atoms with Crippen LogP contribution in [0.15, 0.2) is 27.7 Å². The number of aryl methyl sites for hydroxylation is 2. The maximum atomic E-state index is 12.9. The summed E-state index contributed by atoms with van der Waals surface area (Å²) in [5.41, 5.74) is 4.59. The average Bonchev–Trinajstić information content (AvgIpc) is 3.20. The average molecular weight is 401 g/mol. The van der Waals surface area contributed by atoms with Gasteiger partial charge in [-0.2, -0.15) is 5.10 Å². The second-order valence-corrected chi connectivity index (χ2v) is 9.00. The van der Waals surface area contributed by atoms with Gasteiger partial charge in [0.2, 0.25) is 0 Å². The van der Waals surface area contributed by atoms with Crippen LogP contribution in [0, 0.1) is 12.8 Å². The Hall–Kier alpha value is -2.32. The van der Waals surface area contributed by atoms with Crippen LogP contribution in [-0.4, -0.2) is 21.7 Å². The molecule has 140 valence electrons. The van der Waals surface area contributed by atoms with Gasteiger partial charge in [-0.15, -0.1) is 22.7 Å². The maximum absolute atomic E-state index is 12.9. The topological polar surface area (TPSA) is 76.3 Å². The number of carbonyl (C=O) groups excluding carboxylic acids is 1. The molecule has 1 atom stereocenters. The fourth-order valence-electron chi connectivity index (χ4n) is 3.35. The zero-order chi connectivity index (χ0) is 19.0. The monoisotopic (exact) mass is 400 g/mol. The van der Waals surface area contributed by atoms with Crippen molar-refractivity contribution in [2.75, 3.05) is 0 Å². The molecule has 1 N–H and O–H groups in total. The first kappa shape index (κ1) is 18.1. The summed E-state index contributed by atoms with van der Waals surface area (Å²) in [6.07, 6.45) is 6.09. The number of nitrogens with zero attached hydrogens (tertiary/aromatic N) is 3. The van der Waals surface area contributed by atoms with Crippen molar-refractivity contribution in [3.05, 3.63) is 49.0 Å². The molecule has 0 aromatic carbocycles. The van der Waals surface area contributed by atoms with Crippen LogP contribution >= 0.6 is 22.7 Å². The molecule has 1 amide bonds. The minimum Gasteiger partial charge on any atom is -0.289 e. The van der Waals surface area contributed by atoms with Gasteiger partial charge in [0.15, 0.2) is 0 Å². The highest BCUT2D eigenvalue weighted by Gasteiger charge is 2.23. The molecule has 8 heteroatoms. The van der Waals surface area contributed by atoms with E-state index in [1.54, 1.807) is 28.9 Å². The van der Waals surface area contributed by atoms with Gasteiger partial charge in [-0.3, -0.25) is 14.2 Å². The Morgan fingerprint density at radius 1 is 1.52 bits per heavy atom. The Bertz CT molecular complexity index is 1090. The fraction of sp³-hybridized carbons (Fsp3) is 0.368. The van der Waals surface area contributed by atoms with Crippen LogP contribution in [0.2, 0.25) is 0 Å². The smallest absolute Gasteiger partial charge is 0.262 e. The third kappa shape index (κ3) is 3.59. The Balaban J connectivity index is 1.53. The lowest BCUT2D eigenvalue weighted by Crippen LogP contribution is -2.30. The Kier molecular flexibility index (Phi) is 4.92. The standard InChI is InChI=1S/C19H20N4O2S2/c1-11-3-4-13-14(7-11)27-18-17(13)19(25)23(10-20-18)9-16(24)22-21-8-15-12(2)5-6-26-15/h5-6,8,10-11H,3-4,7,9H2,1-2H3,(H,22,24)/b21-8-/t11-/m1/s1. The quantitative estimate of drug-likeness (QED) is 0.540. The summed E-state index contributed by atoms with van der Waals surface area (Å²) in [5.74, 6) is 0.296. The largest absolute Gasteiger partial charge is 0.289 e. The molecule has 4 rings (SSSR count). The molecular formula is C19H20N4O2S2. The van der Waals surface area contributed by atoms with E-state index in [2.05, 4.69) is 22.4 Å². The molecule has 6 nitrogen and oxygen atoms in total. The number of amides is 1. The van der Waals surface area contributed by atoms with E-state index in [9.17, 15) is 9.59 Å². The molecule has 0 unspecified atom stereocenters. The first-order chi connectivity index (χ1) is 13.0. The van der Waals surface area contributed by atoms with E-state index >= 15 is 0 Å². The van der Waals surface area contributed by atoms with Crippen molar-refractivity contribution in [2.45, 2.75) is 39.7 Å². The molecule has 1 aliphatic carbocycles. The van der Waals surface area contributed by atoms with Gasteiger partial charge >= 0.3 is 0 Å². The van der Waals surface area contributed by atoms with E-state index in [1.807, 2.05) is 18.4 Å². The predicted molar refractivity (Wildman–Crippen MR) is 110 cm³/mol.